The Balaban J connectivity index is 1.78. The van der Waals surface area contributed by atoms with E-state index in [1.165, 1.54) is 0 Å². The highest BCUT2D eigenvalue weighted by atomic mass is 16.5. The Labute approximate surface area is 95.2 Å². The second kappa shape index (κ2) is 4.14. The lowest BCUT2D eigenvalue weighted by atomic mass is 10.2. The molecule has 0 N–H and O–H groups in total. The number of allylic oxidation sites excluding steroid dienone is 2. The molecule has 3 rings (SSSR count). The molecule has 1 saturated heterocycles. The van der Waals surface area contributed by atoms with Crippen LogP contribution in [0.2, 0.25) is 0 Å². The topological polar surface area (TPSA) is 28.1 Å². The molecular weight excluding hydrogens is 202 g/mol. The van der Waals surface area contributed by atoms with E-state index in [2.05, 4.69) is 27.1 Å². The van der Waals surface area contributed by atoms with E-state index in [1.54, 1.807) is 0 Å². The highest BCUT2D eigenvalue weighted by Crippen LogP contribution is 2.16. The minimum atomic E-state index is 0.807. The van der Waals surface area contributed by atoms with Gasteiger partial charge in [0.2, 0.25) is 0 Å². The first kappa shape index (κ1) is 9.66. The molecule has 0 saturated carbocycles. The summed E-state index contributed by atoms with van der Waals surface area (Å²) in [6, 6.07) is 0. The Hall–Kier alpha value is -1.55. The van der Waals surface area contributed by atoms with Crippen molar-refractivity contribution in [3.8, 4) is 0 Å². The molecule has 16 heavy (non-hydrogen) atoms. The van der Waals surface area contributed by atoms with E-state index in [4.69, 9.17) is 4.74 Å². The van der Waals surface area contributed by atoms with Gasteiger partial charge in [0.05, 0.1) is 13.2 Å². The van der Waals surface area contributed by atoms with Crippen LogP contribution in [0.25, 0.3) is 0 Å². The number of rotatable bonds is 1. The van der Waals surface area contributed by atoms with Crippen LogP contribution in [0.3, 0.4) is 0 Å². The van der Waals surface area contributed by atoms with Gasteiger partial charge in [0.1, 0.15) is 11.7 Å². The summed E-state index contributed by atoms with van der Waals surface area (Å²) in [5, 5.41) is 0. The van der Waals surface area contributed by atoms with Gasteiger partial charge in [0.15, 0.2) is 0 Å². The van der Waals surface area contributed by atoms with E-state index in [1.807, 2.05) is 18.2 Å². The molecule has 3 aliphatic rings. The summed E-state index contributed by atoms with van der Waals surface area (Å²) >= 11 is 0. The van der Waals surface area contributed by atoms with Crippen molar-refractivity contribution in [3.05, 3.63) is 36.3 Å². The standard InChI is InChI=1S/C12H15N3O/c1-2-5-14-6-4-12(13-11(14)3-1)15-7-9-16-10-8-15/h1-5H,6-10H2. The molecule has 0 aromatic carbocycles. The lowest BCUT2D eigenvalue weighted by molar-refractivity contribution is 0.0527. The van der Waals surface area contributed by atoms with Crippen LogP contribution >= 0.6 is 0 Å². The fourth-order valence-electron chi connectivity index (χ4n) is 2.06. The van der Waals surface area contributed by atoms with Gasteiger partial charge in [-0.05, 0) is 18.2 Å². The Morgan fingerprint density at radius 3 is 2.94 bits per heavy atom. The van der Waals surface area contributed by atoms with Gasteiger partial charge in [-0.25, -0.2) is 4.99 Å². The monoisotopic (exact) mass is 217 g/mol. The highest BCUT2D eigenvalue weighted by molar-refractivity contribution is 5.96. The highest BCUT2D eigenvalue weighted by Gasteiger charge is 2.18. The number of aliphatic imine (C=N–C) groups is 1. The minimum absolute atomic E-state index is 0.807. The summed E-state index contributed by atoms with van der Waals surface area (Å²) in [6.45, 7) is 4.42. The third-order valence-electron chi connectivity index (χ3n) is 2.95. The van der Waals surface area contributed by atoms with Crippen LogP contribution in [0.4, 0.5) is 0 Å². The smallest absolute Gasteiger partial charge is 0.135 e. The first-order valence-electron chi connectivity index (χ1n) is 5.66. The van der Waals surface area contributed by atoms with E-state index < -0.39 is 0 Å². The third kappa shape index (κ3) is 1.76. The number of hydrogen-bond donors (Lipinski definition) is 0. The zero-order valence-electron chi connectivity index (χ0n) is 9.17. The van der Waals surface area contributed by atoms with Crippen molar-refractivity contribution in [3.63, 3.8) is 0 Å². The van der Waals surface area contributed by atoms with Crippen molar-refractivity contribution in [2.45, 2.75) is 0 Å². The van der Waals surface area contributed by atoms with Crippen molar-refractivity contribution in [1.29, 1.82) is 0 Å². The lowest BCUT2D eigenvalue weighted by Crippen LogP contribution is -2.38. The van der Waals surface area contributed by atoms with Crippen LogP contribution < -0.4 is 0 Å². The average molecular weight is 217 g/mol. The third-order valence-corrected chi connectivity index (χ3v) is 2.95. The maximum atomic E-state index is 5.34. The van der Waals surface area contributed by atoms with Gasteiger partial charge >= 0.3 is 0 Å². The summed E-state index contributed by atoms with van der Waals surface area (Å²) in [5.74, 6) is 2.13. The summed E-state index contributed by atoms with van der Waals surface area (Å²) in [4.78, 5) is 9.10. The number of ether oxygens (including phenoxy) is 1. The van der Waals surface area contributed by atoms with Crippen molar-refractivity contribution in [2.24, 2.45) is 4.99 Å². The predicted octanol–water partition coefficient (Wildman–Crippen LogP) is 0.958. The number of hydrogen-bond acceptors (Lipinski definition) is 4. The molecule has 0 aromatic heterocycles. The molecule has 0 spiro atoms. The maximum absolute atomic E-state index is 5.34. The second-order valence-corrected chi connectivity index (χ2v) is 3.98. The molecule has 4 nitrogen and oxygen atoms in total. The van der Waals surface area contributed by atoms with E-state index in [0.29, 0.717) is 0 Å². The maximum Gasteiger partial charge on any atom is 0.135 e. The van der Waals surface area contributed by atoms with E-state index in [0.717, 1.165) is 44.5 Å². The van der Waals surface area contributed by atoms with Gasteiger partial charge in [-0.2, -0.15) is 0 Å². The van der Waals surface area contributed by atoms with Crippen LogP contribution in [0, 0.1) is 0 Å². The lowest BCUT2D eigenvalue weighted by Gasteiger charge is -2.33. The molecule has 4 heteroatoms. The van der Waals surface area contributed by atoms with Gasteiger partial charge in [-0.15, -0.1) is 0 Å². The van der Waals surface area contributed by atoms with E-state index in [9.17, 15) is 0 Å². The molecule has 0 unspecified atom stereocenters. The molecule has 3 aliphatic heterocycles. The fraction of sp³-hybridized carbons (Fsp3) is 0.417. The Morgan fingerprint density at radius 1 is 1.19 bits per heavy atom. The zero-order chi connectivity index (χ0) is 10.8. The molecule has 0 atom stereocenters. The largest absolute Gasteiger partial charge is 0.378 e. The summed E-state index contributed by atoms with van der Waals surface area (Å²) in [5.41, 5.74) is 0. The molecular formula is C12H15N3O. The predicted molar refractivity (Wildman–Crippen MR) is 62.9 cm³/mol. The van der Waals surface area contributed by atoms with Gasteiger partial charge in [-0.1, -0.05) is 6.08 Å². The van der Waals surface area contributed by atoms with Gasteiger partial charge in [0, 0.05) is 25.8 Å². The van der Waals surface area contributed by atoms with Crippen molar-refractivity contribution in [1.82, 2.24) is 9.80 Å². The van der Waals surface area contributed by atoms with Crippen LogP contribution in [0.15, 0.2) is 41.3 Å². The SMILES string of the molecule is C1=CC2=NC(N3CCOCC3)=CCN2C=C1. The van der Waals surface area contributed by atoms with Crippen LogP contribution in [0.5, 0.6) is 0 Å². The quantitative estimate of drug-likeness (QED) is 0.655. The Kier molecular flexibility index (Phi) is 2.50. The second-order valence-electron chi connectivity index (χ2n) is 3.98. The van der Waals surface area contributed by atoms with Crippen molar-refractivity contribution >= 4 is 5.84 Å². The molecule has 0 radical (unpaired) electrons. The molecule has 1 fully saturated rings. The zero-order valence-corrected chi connectivity index (χ0v) is 9.17. The number of fused-ring (bicyclic) bond motifs is 1. The summed E-state index contributed by atoms with van der Waals surface area (Å²) in [7, 11) is 0. The van der Waals surface area contributed by atoms with E-state index in [-0.39, 0.29) is 0 Å². The average Bonchev–Trinajstić information content (AvgIpc) is 2.39. The van der Waals surface area contributed by atoms with Crippen LogP contribution in [-0.2, 0) is 4.74 Å². The number of nitrogens with zero attached hydrogens (tertiary/aromatic N) is 3. The Bertz CT molecular complexity index is 389. The molecule has 0 aliphatic carbocycles. The number of morpholine rings is 1. The summed E-state index contributed by atoms with van der Waals surface area (Å²) in [6.07, 6.45) is 10.3. The molecule has 84 valence electrons. The molecule has 0 amide bonds. The van der Waals surface area contributed by atoms with E-state index >= 15 is 0 Å². The summed E-state index contributed by atoms with van der Waals surface area (Å²) < 4.78 is 5.34. The van der Waals surface area contributed by atoms with Crippen LogP contribution in [0.1, 0.15) is 0 Å². The molecule has 0 aromatic rings. The first-order valence-corrected chi connectivity index (χ1v) is 5.66. The van der Waals surface area contributed by atoms with Gasteiger partial charge < -0.3 is 14.5 Å². The van der Waals surface area contributed by atoms with Gasteiger partial charge in [0.25, 0.3) is 0 Å². The normalized spacial score (nSPS) is 24.0. The fourth-order valence-corrected chi connectivity index (χ4v) is 2.06. The molecule has 0 bridgehead atoms. The molecule has 3 heterocycles. The van der Waals surface area contributed by atoms with Crippen LogP contribution in [-0.4, -0.2) is 48.5 Å². The van der Waals surface area contributed by atoms with Crippen molar-refractivity contribution < 1.29 is 4.74 Å². The number of amidine groups is 1. The minimum Gasteiger partial charge on any atom is -0.378 e. The van der Waals surface area contributed by atoms with Gasteiger partial charge in [-0.3, -0.25) is 0 Å². The Morgan fingerprint density at radius 2 is 2.06 bits per heavy atom. The first-order chi connectivity index (χ1) is 7.93. The van der Waals surface area contributed by atoms with Crippen molar-refractivity contribution in [2.75, 3.05) is 32.8 Å².